The summed E-state index contributed by atoms with van der Waals surface area (Å²) >= 11 is 1.48. The van der Waals surface area contributed by atoms with Gasteiger partial charge in [0.05, 0.1) is 0 Å². The van der Waals surface area contributed by atoms with E-state index in [-0.39, 0.29) is 0 Å². The van der Waals surface area contributed by atoms with Gasteiger partial charge in [-0.25, -0.2) is 9.97 Å². The minimum Gasteiger partial charge on any atom is -0.398 e. The van der Waals surface area contributed by atoms with Crippen LogP contribution >= 0.6 is 11.8 Å². The average molecular weight is 217 g/mol. The largest absolute Gasteiger partial charge is 0.398 e. The second-order valence-electron chi connectivity index (χ2n) is 3.17. The molecule has 2 N–H and O–H groups in total. The van der Waals surface area contributed by atoms with E-state index in [1.807, 2.05) is 25.1 Å². The van der Waals surface area contributed by atoms with Crippen LogP contribution < -0.4 is 5.73 Å². The summed E-state index contributed by atoms with van der Waals surface area (Å²) in [5, 5.41) is 0.716. The van der Waals surface area contributed by atoms with Gasteiger partial charge in [-0.05, 0) is 42.4 Å². The van der Waals surface area contributed by atoms with Crippen molar-refractivity contribution in [3.05, 3.63) is 42.2 Å². The monoisotopic (exact) mass is 217 g/mol. The first-order valence-electron chi connectivity index (χ1n) is 4.57. The predicted molar refractivity (Wildman–Crippen MR) is 61.7 cm³/mol. The van der Waals surface area contributed by atoms with Crippen LogP contribution in [0.15, 0.2) is 46.7 Å². The van der Waals surface area contributed by atoms with Crippen molar-refractivity contribution in [2.45, 2.75) is 17.0 Å². The number of anilines is 1. The zero-order valence-corrected chi connectivity index (χ0v) is 9.16. The maximum absolute atomic E-state index is 5.89. The predicted octanol–water partition coefficient (Wildman–Crippen LogP) is 2.52. The van der Waals surface area contributed by atoms with Crippen molar-refractivity contribution in [1.82, 2.24) is 9.97 Å². The van der Waals surface area contributed by atoms with Crippen molar-refractivity contribution in [3.63, 3.8) is 0 Å². The number of nitrogens with zero attached hydrogens (tertiary/aromatic N) is 2. The lowest BCUT2D eigenvalue weighted by Gasteiger charge is -2.04. The fourth-order valence-corrected chi connectivity index (χ4v) is 1.93. The van der Waals surface area contributed by atoms with Gasteiger partial charge in [-0.1, -0.05) is 6.07 Å². The number of rotatable bonds is 2. The summed E-state index contributed by atoms with van der Waals surface area (Å²) in [6, 6.07) is 7.77. The second kappa shape index (κ2) is 4.31. The summed E-state index contributed by atoms with van der Waals surface area (Å²) in [5.41, 5.74) is 7.82. The highest BCUT2D eigenvalue weighted by molar-refractivity contribution is 7.99. The fraction of sp³-hybridized carbons (Fsp3) is 0.0909. The van der Waals surface area contributed by atoms with Crippen molar-refractivity contribution < 1.29 is 0 Å². The highest BCUT2D eigenvalue weighted by Gasteiger charge is 2.03. The van der Waals surface area contributed by atoms with Crippen LogP contribution in [-0.2, 0) is 0 Å². The third-order valence-electron chi connectivity index (χ3n) is 1.91. The normalized spacial score (nSPS) is 10.2. The molecule has 0 aliphatic rings. The van der Waals surface area contributed by atoms with Crippen LogP contribution in [0.2, 0.25) is 0 Å². The second-order valence-corrected chi connectivity index (χ2v) is 4.18. The molecule has 0 spiro atoms. The Morgan fingerprint density at radius 3 is 2.60 bits per heavy atom. The average Bonchev–Trinajstić information content (AvgIpc) is 2.24. The summed E-state index contributed by atoms with van der Waals surface area (Å²) in [4.78, 5) is 9.26. The Labute approximate surface area is 92.8 Å². The minimum absolute atomic E-state index is 0.716. The Kier molecular flexibility index (Phi) is 2.87. The molecule has 4 heteroatoms. The molecule has 2 aromatic rings. The molecule has 1 aromatic carbocycles. The molecule has 1 heterocycles. The van der Waals surface area contributed by atoms with E-state index in [1.165, 1.54) is 11.8 Å². The molecule has 0 unspecified atom stereocenters. The van der Waals surface area contributed by atoms with Crippen LogP contribution in [0.3, 0.4) is 0 Å². The van der Waals surface area contributed by atoms with Gasteiger partial charge in [-0.15, -0.1) is 0 Å². The van der Waals surface area contributed by atoms with Crippen molar-refractivity contribution in [3.8, 4) is 0 Å². The molecule has 0 saturated carbocycles. The third kappa shape index (κ3) is 2.47. The summed E-state index contributed by atoms with van der Waals surface area (Å²) in [5.74, 6) is 0. The molecule has 0 amide bonds. The molecule has 0 aliphatic carbocycles. The van der Waals surface area contributed by atoms with Gasteiger partial charge >= 0.3 is 0 Å². The maximum Gasteiger partial charge on any atom is 0.192 e. The Morgan fingerprint density at radius 2 is 1.93 bits per heavy atom. The number of nitrogens with two attached hydrogens (primary N) is 1. The molecular formula is C11H11N3S. The number of hydrogen-bond donors (Lipinski definition) is 1. The Bertz CT molecular complexity index is 457. The van der Waals surface area contributed by atoms with Crippen molar-refractivity contribution in [2.24, 2.45) is 0 Å². The van der Waals surface area contributed by atoms with E-state index in [0.29, 0.717) is 5.16 Å². The van der Waals surface area contributed by atoms with Crippen molar-refractivity contribution in [2.75, 3.05) is 5.73 Å². The third-order valence-corrected chi connectivity index (χ3v) is 2.89. The lowest BCUT2D eigenvalue weighted by molar-refractivity contribution is 0.967. The van der Waals surface area contributed by atoms with Gasteiger partial charge in [0.2, 0.25) is 0 Å². The van der Waals surface area contributed by atoms with E-state index in [4.69, 9.17) is 5.73 Å². The molecule has 0 bridgehead atoms. The SMILES string of the molecule is Cc1ccc(Sc2ncccn2)c(N)c1. The molecule has 1 aromatic heterocycles. The standard InChI is InChI=1S/C11H11N3S/c1-8-3-4-10(9(12)7-8)15-11-13-5-2-6-14-11/h2-7H,12H2,1H3. The number of nitrogen functional groups attached to an aromatic ring is 1. The lowest BCUT2D eigenvalue weighted by Crippen LogP contribution is -1.90. The van der Waals surface area contributed by atoms with E-state index in [9.17, 15) is 0 Å². The first kappa shape index (κ1) is 9.98. The fourth-order valence-electron chi connectivity index (χ4n) is 1.20. The quantitative estimate of drug-likeness (QED) is 0.620. The summed E-state index contributed by atoms with van der Waals surface area (Å²) in [6.45, 7) is 2.02. The smallest absolute Gasteiger partial charge is 0.192 e. The van der Waals surface area contributed by atoms with Crippen LogP contribution in [0.4, 0.5) is 5.69 Å². The Morgan fingerprint density at radius 1 is 1.20 bits per heavy atom. The van der Waals surface area contributed by atoms with E-state index in [1.54, 1.807) is 18.5 Å². The van der Waals surface area contributed by atoms with E-state index in [0.717, 1.165) is 16.1 Å². The first-order valence-corrected chi connectivity index (χ1v) is 5.38. The molecule has 0 radical (unpaired) electrons. The van der Waals surface area contributed by atoms with Gasteiger partial charge in [0, 0.05) is 23.0 Å². The van der Waals surface area contributed by atoms with E-state index >= 15 is 0 Å². The molecule has 0 saturated heterocycles. The van der Waals surface area contributed by atoms with Crippen molar-refractivity contribution >= 4 is 17.4 Å². The zero-order valence-electron chi connectivity index (χ0n) is 8.34. The number of hydrogen-bond acceptors (Lipinski definition) is 4. The molecule has 76 valence electrons. The van der Waals surface area contributed by atoms with Crippen LogP contribution in [0.1, 0.15) is 5.56 Å². The highest BCUT2D eigenvalue weighted by atomic mass is 32.2. The minimum atomic E-state index is 0.716. The molecular weight excluding hydrogens is 206 g/mol. The van der Waals surface area contributed by atoms with Gasteiger partial charge in [-0.3, -0.25) is 0 Å². The molecule has 2 rings (SSSR count). The number of aryl methyl sites for hydroxylation is 1. The molecule has 0 atom stereocenters. The zero-order chi connectivity index (χ0) is 10.7. The Hall–Kier alpha value is -1.55. The summed E-state index contributed by atoms with van der Waals surface area (Å²) in [6.07, 6.45) is 3.44. The molecule has 15 heavy (non-hydrogen) atoms. The lowest BCUT2D eigenvalue weighted by atomic mass is 10.2. The molecule has 3 nitrogen and oxygen atoms in total. The summed E-state index contributed by atoms with van der Waals surface area (Å²) < 4.78 is 0. The van der Waals surface area contributed by atoms with Gasteiger partial charge < -0.3 is 5.73 Å². The van der Waals surface area contributed by atoms with Gasteiger partial charge in [0.1, 0.15) is 0 Å². The van der Waals surface area contributed by atoms with Gasteiger partial charge in [0.25, 0.3) is 0 Å². The molecule has 0 aliphatic heterocycles. The van der Waals surface area contributed by atoms with Crippen molar-refractivity contribution in [1.29, 1.82) is 0 Å². The maximum atomic E-state index is 5.89. The molecule has 0 fully saturated rings. The number of aromatic nitrogens is 2. The first-order chi connectivity index (χ1) is 7.25. The van der Waals surface area contributed by atoms with E-state index in [2.05, 4.69) is 9.97 Å². The van der Waals surface area contributed by atoms with Crippen LogP contribution in [0.5, 0.6) is 0 Å². The van der Waals surface area contributed by atoms with Crippen LogP contribution in [-0.4, -0.2) is 9.97 Å². The Balaban J connectivity index is 2.25. The van der Waals surface area contributed by atoms with Gasteiger partial charge in [0.15, 0.2) is 5.16 Å². The topological polar surface area (TPSA) is 51.8 Å². The van der Waals surface area contributed by atoms with Crippen LogP contribution in [0, 0.1) is 6.92 Å². The van der Waals surface area contributed by atoms with Gasteiger partial charge in [-0.2, -0.15) is 0 Å². The number of benzene rings is 1. The highest BCUT2D eigenvalue weighted by Crippen LogP contribution is 2.29. The summed E-state index contributed by atoms with van der Waals surface area (Å²) in [7, 11) is 0. The van der Waals surface area contributed by atoms with E-state index < -0.39 is 0 Å². The van der Waals surface area contributed by atoms with Crippen LogP contribution in [0.25, 0.3) is 0 Å².